The van der Waals surface area contributed by atoms with Gasteiger partial charge in [-0.05, 0) is 24.6 Å². The second-order valence-electron chi connectivity index (χ2n) is 3.41. The summed E-state index contributed by atoms with van der Waals surface area (Å²) in [6.45, 7) is 1.23. The lowest BCUT2D eigenvalue weighted by Crippen LogP contribution is -2.02. The third-order valence-corrected chi connectivity index (χ3v) is 2.85. The van der Waals surface area contributed by atoms with Crippen molar-refractivity contribution in [2.45, 2.75) is 13.3 Å². The van der Waals surface area contributed by atoms with Crippen LogP contribution in [0.25, 0.3) is 0 Å². The Labute approximate surface area is 109 Å². The molecule has 0 unspecified atom stereocenters. The van der Waals surface area contributed by atoms with Gasteiger partial charge < -0.3 is 5.11 Å². The van der Waals surface area contributed by atoms with Crippen LogP contribution in [0.4, 0.5) is 0 Å². The van der Waals surface area contributed by atoms with Crippen molar-refractivity contribution in [3.8, 4) is 6.07 Å². The second kappa shape index (κ2) is 5.72. The van der Waals surface area contributed by atoms with Crippen LogP contribution in [-0.2, 0) is 11.2 Å². The molecule has 1 aromatic rings. The van der Waals surface area contributed by atoms with Gasteiger partial charge in [0.15, 0.2) is 5.78 Å². The topological polar surface area (TPSA) is 61.1 Å². The molecule has 0 aromatic heterocycles. The molecule has 0 bridgehead atoms. The van der Waals surface area contributed by atoms with E-state index in [1.54, 1.807) is 24.3 Å². The van der Waals surface area contributed by atoms with Gasteiger partial charge in [-0.25, -0.2) is 0 Å². The maximum atomic E-state index is 11.0. The van der Waals surface area contributed by atoms with Gasteiger partial charge >= 0.3 is 0 Å². The highest BCUT2D eigenvalue weighted by atomic mass is 35.5. The number of benzene rings is 1. The number of ketones is 1. The number of nitrogens with zero attached hydrogens (tertiary/aromatic N) is 1. The Morgan fingerprint density at radius 1 is 1.41 bits per heavy atom. The number of nitriles is 1. The molecule has 0 atom stereocenters. The maximum absolute atomic E-state index is 11.0. The molecule has 0 fully saturated rings. The molecular weight excluding hydrogens is 261 g/mol. The minimum Gasteiger partial charge on any atom is -0.510 e. The normalized spacial score (nSPS) is 11.6. The standard InChI is InChI=1S/C12H9Cl2NO2/c1-7(16)9(6-15)12(17)5-8-2-3-10(13)11(14)4-8/h2-4,17H,5H2,1H3. The number of hydrogen-bond donors (Lipinski definition) is 1. The number of allylic oxidation sites excluding steroid dienone is 2. The molecule has 0 spiro atoms. The van der Waals surface area contributed by atoms with Gasteiger partial charge in [0.2, 0.25) is 0 Å². The summed E-state index contributed by atoms with van der Waals surface area (Å²) < 4.78 is 0. The summed E-state index contributed by atoms with van der Waals surface area (Å²) in [5.74, 6) is -0.733. The number of aliphatic hydroxyl groups is 1. The third-order valence-electron chi connectivity index (χ3n) is 2.11. The molecule has 5 heteroatoms. The average molecular weight is 270 g/mol. The lowest BCUT2D eigenvalue weighted by Gasteiger charge is -2.04. The summed E-state index contributed by atoms with van der Waals surface area (Å²) in [5, 5.41) is 19.1. The molecule has 0 aliphatic carbocycles. The van der Waals surface area contributed by atoms with Crippen LogP contribution in [0.5, 0.6) is 0 Å². The second-order valence-corrected chi connectivity index (χ2v) is 4.23. The molecule has 0 aliphatic rings. The van der Waals surface area contributed by atoms with Crippen LogP contribution in [0.3, 0.4) is 0 Å². The molecule has 0 radical (unpaired) electrons. The lowest BCUT2D eigenvalue weighted by molar-refractivity contribution is -0.113. The van der Waals surface area contributed by atoms with Crippen molar-refractivity contribution in [1.29, 1.82) is 5.26 Å². The molecule has 17 heavy (non-hydrogen) atoms. The Morgan fingerprint density at radius 3 is 2.53 bits per heavy atom. The van der Waals surface area contributed by atoms with E-state index in [-0.39, 0.29) is 17.8 Å². The predicted molar refractivity (Wildman–Crippen MR) is 66.1 cm³/mol. The van der Waals surface area contributed by atoms with E-state index in [0.717, 1.165) is 0 Å². The van der Waals surface area contributed by atoms with E-state index < -0.39 is 5.78 Å². The van der Waals surface area contributed by atoms with Gasteiger partial charge in [0.05, 0.1) is 10.0 Å². The summed E-state index contributed by atoms with van der Waals surface area (Å²) >= 11 is 11.6. The van der Waals surface area contributed by atoms with Crippen LogP contribution in [0.15, 0.2) is 29.5 Å². The maximum Gasteiger partial charge on any atom is 0.173 e. The number of rotatable bonds is 3. The van der Waals surface area contributed by atoms with Crippen LogP contribution in [0.1, 0.15) is 12.5 Å². The van der Waals surface area contributed by atoms with E-state index in [2.05, 4.69) is 0 Å². The van der Waals surface area contributed by atoms with Crippen LogP contribution < -0.4 is 0 Å². The zero-order chi connectivity index (χ0) is 13.0. The molecule has 1 aromatic carbocycles. The van der Waals surface area contributed by atoms with Gasteiger partial charge in [0.1, 0.15) is 17.4 Å². The van der Waals surface area contributed by atoms with Crippen LogP contribution in [0.2, 0.25) is 10.0 Å². The van der Waals surface area contributed by atoms with Gasteiger partial charge in [0.25, 0.3) is 0 Å². The molecule has 1 rings (SSSR count). The molecule has 1 N–H and O–H groups in total. The largest absolute Gasteiger partial charge is 0.510 e. The van der Waals surface area contributed by atoms with Gasteiger partial charge in [-0.2, -0.15) is 5.26 Å². The molecular formula is C12H9Cl2NO2. The van der Waals surface area contributed by atoms with Gasteiger partial charge in [-0.1, -0.05) is 29.3 Å². The highest BCUT2D eigenvalue weighted by molar-refractivity contribution is 6.42. The summed E-state index contributed by atoms with van der Waals surface area (Å²) in [6, 6.07) is 6.50. The first-order chi connectivity index (χ1) is 7.95. The first-order valence-corrected chi connectivity index (χ1v) is 5.48. The van der Waals surface area contributed by atoms with E-state index >= 15 is 0 Å². The zero-order valence-electron chi connectivity index (χ0n) is 9.00. The SMILES string of the molecule is CC(=O)C(C#N)=C(O)Cc1ccc(Cl)c(Cl)c1. The molecule has 0 heterocycles. The van der Waals surface area contributed by atoms with Crippen LogP contribution in [-0.4, -0.2) is 10.9 Å². The monoisotopic (exact) mass is 269 g/mol. The molecule has 0 aliphatic heterocycles. The quantitative estimate of drug-likeness (QED) is 0.519. The summed E-state index contributed by atoms with van der Waals surface area (Å²) in [5.41, 5.74) is 0.432. The van der Waals surface area contributed by atoms with Crippen molar-refractivity contribution in [2.24, 2.45) is 0 Å². The Balaban J connectivity index is 3.03. The van der Waals surface area contributed by atoms with E-state index in [0.29, 0.717) is 15.6 Å². The number of carbonyl (C=O) groups excluding carboxylic acids is 1. The highest BCUT2D eigenvalue weighted by Crippen LogP contribution is 2.23. The number of hydrogen-bond acceptors (Lipinski definition) is 3. The van der Waals surface area contributed by atoms with Crippen molar-refractivity contribution in [3.63, 3.8) is 0 Å². The zero-order valence-corrected chi connectivity index (χ0v) is 10.5. The van der Waals surface area contributed by atoms with Crippen molar-refractivity contribution < 1.29 is 9.90 Å². The number of Topliss-reactive ketones (excluding diaryl/α,β-unsaturated/α-hetero) is 1. The smallest absolute Gasteiger partial charge is 0.173 e. The minimum absolute atomic E-state index is 0.0688. The van der Waals surface area contributed by atoms with Crippen molar-refractivity contribution in [2.75, 3.05) is 0 Å². The Bertz CT molecular complexity index is 530. The fourth-order valence-corrected chi connectivity index (χ4v) is 1.60. The van der Waals surface area contributed by atoms with Crippen molar-refractivity contribution in [1.82, 2.24) is 0 Å². The van der Waals surface area contributed by atoms with Gasteiger partial charge in [0, 0.05) is 6.42 Å². The fraction of sp³-hybridized carbons (Fsp3) is 0.167. The average Bonchev–Trinajstić information content (AvgIpc) is 2.24. The van der Waals surface area contributed by atoms with E-state index in [1.807, 2.05) is 0 Å². The van der Waals surface area contributed by atoms with Crippen molar-refractivity contribution >= 4 is 29.0 Å². The number of aliphatic hydroxyl groups excluding tert-OH is 1. The minimum atomic E-state index is -0.468. The van der Waals surface area contributed by atoms with Crippen LogP contribution >= 0.6 is 23.2 Å². The third kappa shape index (κ3) is 3.48. The van der Waals surface area contributed by atoms with E-state index in [1.165, 1.54) is 6.92 Å². The molecule has 88 valence electrons. The Morgan fingerprint density at radius 2 is 2.06 bits per heavy atom. The molecule has 0 amide bonds. The number of carbonyl (C=O) groups is 1. The lowest BCUT2D eigenvalue weighted by atomic mass is 10.1. The molecule has 3 nitrogen and oxygen atoms in total. The first-order valence-electron chi connectivity index (χ1n) is 4.72. The predicted octanol–water partition coefficient (Wildman–Crippen LogP) is 3.46. The first kappa shape index (κ1) is 13.6. The molecule has 0 saturated heterocycles. The summed E-state index contributed by atoms with van der Waals surface area (Å²) in [6.07, 6.45) is 0.0688. The summed E-state index contributed by atoms with van der Waals surface area (Å²) in [7, 11) is 0. The van der Waals surface area contributed by atoms with Gasteiger partial charge in [-0.15, -0.1) is 0 Å². The Hall–Kier alpha value is -1.50. The Kier molecular flexibility index (Phi) is 4.56. The van der Waals surface area contributed by atoms with E-state index in [4.69, 9.17) is 28.5 Å². The number of halogens is 2. The highest BCUT2D eigenvalue weighted by Gasteiger charge is 2.11. The van der Waals surface area contributed by atoms with Gasteiger partial charge in [-0.3, -0.25) is 4.79 Å². The van der Waals surface area contributed by atoms with E-state index in [9.17, 15) is 9.90 Å². The fourth-order valence-electron chi connectivity index (χ4n) is 1.28. The molecule has 0 saturated carbocycles. The van der Waals surface area contributed by atoms with Crippen molar-refractivity contribution in [3.05, 3.63) is 45.1 Å². The summed E-state index contributed by atoms with van der Waals surface area (Å²) in [4.78, 5) is 11.0. The van der Waals surface area contributed by atoms with Crippen LogP contribution in [0, 0.1) is 11.3 Å².